The summed E-state index contributed by atoms with van der Waals surface area (Å²) in [5.41, 5.74) is 0. The maximum atomic E-state index is 9.67. The van der Waals surface area contributed by atoms with E-state index in [1.54, 1.807) is 0 Å². The van der Waals surface area contributed by atoms with Gasteiger partial charge in [0.1, 0.15) is 13.3 Å². The maximum absolute atomic E-state index is 9.67. The van der Waals surface area contributed by atoms with Crippen molar-refractivity contribution in [1.82, 2.24) is 15.1 Å². The van der Waals surface area contributed by atoms with E-state index < -0.39 is 0 Å². The van der Waals surface area contributed by atoms with Crippen LogP contribution in [-0.4, -0.2) is 59.6 Å². The van der Waals surface area contributed by atoms with Crippen LogP contribution in [-0.2, 0) is 0 Å². The third-order valence-electron chi connectivity index (χ3n) is 4.30. The molecule has 9 heteroatoms. The molecule has 4 nitrogen and oxygen atoms in total. The quantitative estimate of drug-likeness (QED) is 0.194. The summed E-state index contributed by atoms with van der Waals surface area (Å²) in [7, 11) is 0. The monoisotopic (exact) mass is 497 g/mol. The lowest BCUT2D eigenvalue weighted by molar-refractivity contribution is 0.410. The summed E-state index contributed by atoms with van der Waals surface area (Å²) in [6, 6.07) is 0. The number of aliphatic hydroxyl groups excluding tert-OH is 1. The molecule has 29 heavy (non-hydrogen) atoms. The third-order valence-corrected chi connectivity index (χ3v) is 7.67. The Bertz CT molecular complexity index is 429. The molecule has 0 atom stereocenters. The fourth-order valence-electron chi connectivity index (χ4n) is 2.50. The average molecular weight is 498 g/mol. The van der Waals surface area contributed by atoms with Crippen molar-refractivity contribution < 1.29 is 5.11 Å². The van der Waals surface area contributed by atoms with Crippen molar-refractivity contribution in [2.24, 2.45) is 0 Å². The van der Waals surface area contributed by atoms with Crippen LogP contribution in [0, 0.1) is 0 Å². The number of aliphatic hydroxyl groups is 1. The Morgan fingerprint density at radius 1 is 0.724 bits per heavy atom. The van der Waals surface area contributed by atoms with Crippen LogP contribution in [0.2, 0.25) is 0 Å². The standard InChI is InChI=1S/C20H39N3OS5/c1-5-9-13-22(14-10-6-2)19(26)28-18(21-17(24)25)29-20(27)23(15-11-7-3)16-12-8-4/h18H,5-16H2,1-4H3,(H2,21,24,25). The van der Waals surface area contributed by atoms with Gasteiger partial charge in [-0.15, -0.1) is 0 Å². The Labute approximate surface area is 203 Å². The smallest absolute Gasteiger partial charge is 0.255 e. The molecule has 0 amide bonds. The summed E-state index contributed by atoms with van der Waals surface area (Å²) < 4.78 is 1.44. The van der Waals surface area contributed by atoms with Gasteiger partial charge in [-0.3, -0.25) is 0 Å². The number of hydrogen-bond acceptors (Lipinski definition) is 5. The second-order valence-corrected chi connectivity index (χ2v) is 11.1. The molecule has 0 bridgehead atoms. The molecule has 0 rings (SSSR count). The normalized spacial score (nSPS) is 10.8. The summed E-state index contributed by atoms with van der Waals surface area (Å²) in [6.45, 7) is 12.6. The number of nitrogens with zero attached hydrogens (tertiary/aromatic N) is 2. The van der Waals surface area contributed by atoms with E-state index in [9.17, 15) is 5.11 Å². The number of nitrogens with one attached hydrogen (secondary N) is 1. The predicted molar refractivity (Wildman–Crippen MR) is 145 cm³/mol. The average Bonchev–Trinajstić information content (AvgIpc) is 2.67. The van der Waals surface area contributed by atoms with Gasteiger partial charge in [0.05, 0.1) is 0 Å². The number of hydrogen-bond donors (Lipinski definition) is 2. The summed E-state index contributed by atoms with van der Waals surface area (Å²) in [5.74, 6) is 0. The highest BCUT2D eigenvalue weighted by Gasteiger charge is 2.22. The van der Waals surface area contributed by atoms with E-state index in [0.717, 1.165) is 86.2 Å². The Balaban J connectivity index is 5.07. The van der Waals surface area contributed by atoms with Crippen molar-refractivity contribution in [3.05, 3.63) is 0 Å². The predicted octanol–water partition coefficient (Wildman–Crippen LogP) is 6.54. The first-order valence-electron chi connectivity index (χ1n) is 10.8. The lowest BCUT2D eigenvalue weighted by Crippen LogP contribution is -2.37. The van der Waals surface area contributed by atoms with Gasteiger partial charge in [-0.2, -0.15) is 0 Å². The number of unbranched alkanes of at least 4 members (excludes halogenated alkanes) is 4. The van der Waals surface area contributed by atoms with Crippen molar-refractivity contribution in [3.63, 3.8) is 0 Å². The van der Waals surface area contributed by atoms with E-state index in [1.165, 1.54) is 23.5 Å². The van der Waals surface area contributed by atoms with Crippen LogP contribution in [0.4, 0.5) is 0 Å². The molecule has 0 unspecified atom stereocenters. The number of rotatable bonds is 15. The van der Waals surface area contributed by atoms with Gasteiger partial charge in [-0.05, 0) is 37.9 Å². The van der Waals surface area contributed by atoms with Crippen molar-refractivity contribution in [3.8, 4) is 0 Å². The second-order valence-electron chi connectivity index (χ2n) is 6.94. The Hall–Kier alpha value is 0.170. The number of thiocarbonyl (C=S) groups is 3. The SMILES string of the molecule is CCCCN(CCCC)C(=S)SC(NC(O)=S)SC(=S)N(CCCC)CCCC. The lowest BCUT2D eigenvalue weighted by Gasteiger charge is -2.29. The third kappa shape index (κ3) is 14.7. The lowest BCUT2D eigenvalue weighted by atomic mass is 10.3. The molecule has 0 fully saturated rings. The van der Waals surface area contributed by atoms with E-state index in [1.807, 2.05) is 0 Å². The topological polar surface area (TPSA) is 38.7 Å². The highest BCUT2D eigenvalue weighted by Crippen LogP contribution is 2.28. The fourth-order valence-corrected chi connectivity index (χ4v) is 6.19. The van der Waals surface area contributed by atoms with Gasteiger partial charge in [-0.25, -0.2) is 0 Å². The number of thioether (sulfide) groups is 2. The van der Waals surface area contributed by atoms with Crippen LogP contribution in [0.1, 0.15) is 79.1 Å². The highest BCUT2D eigenvalue weighted by atomic mass is 32.2. The fraction of sp³-hybridized carbons (Fsp3) is 0.850. The van der Waals surface area contributed by atoms with Crippen LogP contribution in [0.25, 0.3) is 0 Å². The van der Waals surface area contributed by atoms with Gasteiger partial charge < -0.3 is 20.2 Å². The first-order valence-corrected chi connectivity index (χ1v) is 13.8. The van der Waals surface area contributed by atoms with Crippen LogP contribution in [0.5, 0.6) is 0 Å². The summed E-state index contributed by atoms with van der Waals surface area (Å²) in [4.78, 5) is 4.55. The molecule has 0 saturated carbocycles. The Morgan fingerprint density at radius 2 is 1.03 bits per heavy atom. The zero-order valence-corrected chi connectivity index (χ0v) is 22.5. The summed E-state index contributed by atoms with van der Waals surface area (Å²) >= 11 is 19.4. The Kier molecular flexibility index (Phi) is 19.0. The molecule has 0 aromatic carbocycles. The van der Waals surface area contributed by atoms with E-state index in [4.69, 9.17) is 36.7 Å². The van der Waals surface area contributed by atoms with Crippen molar-refractivity contribution in [2.75, 3.05) is 26.2 Å². The van der Waals surface area contributed by atoms with Gasteiger partial charge in [-0.1, -0.05) is 101 Å². The largest absolute Gasteiger partial charge is 0.487 e. The van der Waals surface area contributed by atoms with Gasteiger partial charge in [0.25, 0.3) is 5.17 Å². The molecule has 0 aliphatic rings. The molecule has 0 spiro atoms. The molecule has 2 N–H and O–H groups in total. The first-order chi connectivity index (χ1) is 13.9. The highest BCUT2D eigenvalue weighted by molar-refractivity contribution is 8.36. The molecule has 0 aromatic heterocycles. The van der Waals surface area contributed by atoms with Gasteiger partial charge in [0.15, 0.2) is 0 Å². The molecule has 0 heterocycles. The zero-order chi connectivity index (χ0) is 22.1. The summed E-state index contributed by atoms with van der Waals surface area (Å²) in [5, 5.41) is 12.4. The van der Waals surface area contributed by atoms with E-state index in [2.05, 4.69) is 42.8 Å². The first kappa shape index (κ1) is 29.2. The minimum Gasteiger partial charge on any atom is -0.487 e. The Morgan fingerprint density at radius 3 is 1.28 bits per heavy atom. The summed E-state index contributed by atoms with van der Waals surface area (Å²) in [6.07, 6.45) is 9.04. The minimum atomic E-state index is -0.232. The van der Waals surface area contributed by atoms with E-state index >= 15 is 0 Å². The van der Waals surface area contributed by atoms with Crippen molar-refractivity contribution in [2.45, 2.75) is 83.8 Å². The zero-order valence-electron chi connectivity index (χ0n) is 18.4. The molecule has 0 aliphatic carbocycles. The van der Waals surface area contributed by atoms with Crippen LogP contribution in [0.3, 0.4) is 0 Å². The van der Waals surface area contributed by atoms with E-state index in [-0.39, 0.29) is 9.88 Å². The molecule has 0 aliphatic heterocycles. The second kappa shape index (κ2) is 18.9. The molecular formula is C20H39N3OS5. The molecule has 170 valence electrons. The maximum Gasteiger partial charge on any atom is 0.255 e. The van der Waals surface area contributed by atoms with Crippen LogP contribution < -0.4 is 5.32 Å². The molecular weight excluding hydrogens is 459 g/mol. The molecule has 0 aromatic rings. The van der Waals surface area contributed by atoms with E-state index in [0.29, 0.717) is 0 Å². The molecule has 0 saturated heterocycles. The van der Waals surface area contributed by atoms with Crippen molar-refractivity contribution >= 4 is 74.0 Å². The van der Waals surface area contributed by atoms with Gasteiger partial charge >= 0.3 is 0 Å². The van der Waals surface area contributed by atoms with Crippen LogP contribution >= 0.6 is 60.2 Å². The van der Waals surface area contributed by atoms with Crippen LogP contribution in [0.15, 0.2) is 0 Å². The molecule has 0 radical (unpaired) electrons. The van der Waals surface area contributed by atoms with Gasteiger partial charge in [0, 0.05) is 26.2 Å². The minimum absolute atomic E-state index is 0.220. The van der Waals surface area contributed by atoms with Crippen molar-refractivity contribution in [1.29, 1.82) is 0 Å². The van der Waals surface area contributed by atoms with Gasteiger partial charge in [0.2, 0.25) is 0 Å².